The molecule has 0 aliphatic carbocycles. The van der Waals surface area contributed by atoms with Crippen molar-refractivity contribution in [3.8, 4) is 5.75 Å². The van der Waals surface area contributed by atoms with Gasteiger partial charge in [-0.2, -0.15) is 0 Å². The zero-order valence-corrected chi connectivity index (χ0v) is 16.1. The van der Waals surface area contributed by atoms with E-state index < -0.39 is 23.4 Å². The van der Waals surface area contributed by atoms with Crippen LogP contribution < -0.4 is 4.74 Å². The van der Waals surface area contributed by atoms with Gasteiger partial charge < -0.3 is 13.9 Å². The molecule has 152 valence electrons. The van der Waals surface area contributed by atoms with Crippen molar-refractivity contribution in [1.29, 1.82) is 0 Å². The molecule has 0 atom stereocenters. The summed E-state index contributed by atoms with van der Waals surface area (Å²) in [7, 11) is 0. The zero-order valence-electron chi connectivity index (χ0n) is 15.3. The standard InChI is InChI=1S/C21H16ClF3O4/c1-2-27-21(26)20-6-4-15(29-20)8-12-7-14(22)3-5-19(12)28-11-13-9-17(24)18(25)10-16(13)23/h3-7,9-10H,2,8,11H2,1H3. The van der Waals surface area contributed by atoms with Gasteiger partial charge in [0.05, 0.1) is 6.61 Å². The van der Waals surface area contributed by atoms with Gasteiger partial charge in [-0.05, 0) is 43.3 Å². The molecule has 8 heteroatoms. The Bertz CT molecular complexity index is 1030. The van der Waals surface area contributed by atoms with Crippen molar-refractivity contribution in [2.45, 2.75) is 20.0 Å². The lowest BCUT2D eigenvalue weighted by atomic mass is 10.1. The Balaban J connectivity index is 1.78. The fourth-order valence-corrected chi connectivity index (χ4v) is 2.82. The highest BCUT2D eigenvalue weighted by Gasteiger charge is 2.15. The lowest BCUT2D eigenvalue weighted by molar-refractivity contribution is 0.0488. The summed E-state index contributed by atoms with van der Waals surface area (Å²) < 4.78 is 56.2. The van der Waals surface area contributed by atoms with Gasteiger partial charge in [-0.1, -0.05) is 11.6 Å². The maximum absolute atomic E-state index is 13.8. The first-order valence-corrected chi connectivity index (χ1v) is 9.05. The number of hydrogen-bond donors (Lipinski definition) is 0. The Morgan fingerprint density at radius 3 is 2.52 bits per heavy atom. The summed E-state index contributed by atoms with van der Waals surface area (Å²) in [5.41, 5.74) is 0.470. The average molecular weight is 425 g/mol. The Kier molecular flexibility index (Phi) is 6.49. The van der Waals surface area contributed by atoms with E-state index in [4.69, 9.17) is 25.5 Å². The fourth-order valence-electron chi connectivity index (χ4n) is 2.63. The largest absolute Gasteiger partial charge is 0.488 e. The van der Waals surface area contributed by atoms with Crippen LogP contribution in [0.3, 0.4) is 0 Å². The van der Waals surface area contributed by atoms with Gasteiger partial charge >= 0.3 is 5.97 Å². The number of carbonyl (C=O) groups excluding carboxylic acids is 1. The molecule has 0 amide bonds. The monoisotopic (exact) mass is 424 g/mol. The first-order chi connectivity index (χ1) is 13.9. The van der Waals surface area contributed by atoms with Gasteiger partial charge in [0.2, 0.25) is 5.76 Å². The minimum absolute atomic E-state index is 0.0650. The topological polar surface area (TPSA) is 48.7 Å². The number of carbonyl (C=O) groups is 1. The molecule has 0 bridgehead atoms. The fraction of sp³-hybridized carbons (Fsp3) is 0.190. The number of rotatable bonds is 7. The molecule has 0 aliphatic rings. The number of halogens is 4. The molecule has 0 saturated carbocycles. The Morgan fingerprint density at radius 1 is 1.00 bits per heavy atom. The molecule has 1 aromatic heterocycles. The predicted octanol–water partition coefficient (Wildman–Crippen LogP) is 5.70. The number of benzene rings is 2. The van der Waals surface area contributed by atoms with Gasteiger partial charge in [0.15, 0.2) is 11.6 Å². The summed E-state index contributed by atoms with van der Waals surface area (Å²) in [5.74, 6) is -3.04. The van der Waals surface area contributed by atoms with Crippen LogP contribution in [0, 0.1) is 17.5 Å². The summed E-state index contributed by atoms with van der Waals surface area (Å²) in [6, 6.07) is 9.11. The average Bonchev–Trinajstić information content (AvgIpc) is 3.14. The minimum Gasteiger partial charge on any atom is -0.488 e. The molecule has 29 heavy (non-hydrogen) atoms. The van der Waals surface area contributed by atoms with E-state index in [0.29, 0.717) is 28.2 Å². The summed E-state index contributed by atoms with van der Waals surface area (Å²) in [5, 5.41) is 0.434. The van der Waals surface area contributed by atoms with Crippen LogP contribution in [0.4, 0.5) is 13.2 Å². The van der Waals surface area contributed by atoms with E-state index in [9.17, 15) is 18.0 Å². The number of furan rings is 1. The summed E-state index contributed by atoms with van der Waals surface area (Å²) >= 11 is 6.05. The first kappa shape index (κ1) is 20.8. The van der Waals surface area contributed by atoms with Crippen LogP contribution in [0.25, 0.3) is 0 Å². The van der Waals surface area contributed by atoms with E-state index in [2.05, 4.69) is 0 Å². The van der Waals surface area contributed by atoms with Crippen molar-refractivity contribution < 1.29 is 31.9 Å². The van der Waals surface area contributed by atoms with Gasteiger partial charge in [0.25, 0.3) is 0 Å². The molecule has 0 saturated heterocycles. The summed E-state index contributed by atoms with van der Waals surface area (Å²) in [4.78, 5) is 11.7. The SMILES string of the molecule is CCOC(=O)c1ccc(Cc2cc(Cl)ccc2OCc2cc(F)c(F)cc2F)o1. The summed E-state index contributed by atoms with van der Waals surface area (Å²) in [6.07, 6.45) is 0.232. The molecular weight excluding hydrogens is 409 g/mol. The number of esters is 1. The first-order valence-electron chi connectivity index (χ1n) is 8.68. The van der Waals surface area contributed by atoms with Gasteiger partial charge in [0.1, 0.15) is 23.9 Å². The van der Waals surface area contributed by atoms with E-state index in [1.165, 1.54) is 6.07 Å². The molecule has 3 aromatic rings. The number of ether oxygens (including phenoxy) is 2. The third kappa shape index (κ3) is 5.12. The van der Waals surface area contributed by atoms with Gasteiger partial charge in [-0.3, -0.25) is 0 Å². The maximum atomic E-state index is 13.8. The van der Waals surface area contributed by atoms with E-state index in [1.54, 1.807) is 31.2 Å². The van der Waals surface area contributed by atoms with Crippen molar-refractivity contribution in [2.24, 2.45) is 0 Å². The Labute approximate surface area is 169 Å². The highest BCUT2D eigenvalue weighted by molar-refractivity contribution is 6.30. The summed E-state index contributed by atoms with van der Waals surface area (Å²) in [6.45, 7) is 1.60. The molecule has 0 spiro atoms. The van der Waals surface area contributed by atoms with Crippen LogP contribution in [0.15, 0.2) is 46.9 Å². The maximum Gasteiger partial charge on any atom is 0.374 e. The Hall–Kier alpha value is -2.93. The second-order valence-corrected chi connectivity index (χ2v) is 6.50. The van der Waals surface area contributed by atoms with E-state index in [1.807, 2.05) is 0 Å². The van der Waals surface area contributed by atoms with Crippen LogP contribution in [0.2, 0.25) is 5.02 Å². The lowest BCUT2D eigenvalue weighted by Crippen LogP contribution is -2.03. The van der Waals surface area contributed by atoms with Crippen LogP contribution in [-0.4, -0.2) is 12.6 Å². The molecular formula is C21H16ClF3O4. The smallest absolute Gasteiger partial charge is 0.374 e. The number of hydrogen-bond acceptors (Lipinski definition) is 4. The lowest BCUT2D eigenvalue weighted by Gasteiger charge is -2.12. The van der Waals surface area contributed by atoms with E-state index >= 15 is 0 Å². The highest BCUT2D eigenvalue weighted by atomic mass is 35.5. The van der Waals surface area contributed by atoms with Gasteiger partial charge in [-0.25, -0.2) is 18.0 Å². The molecule has 0 unspecified atom stereocenters. The van der Waals surface area contributed by atoms with E-state index in [-0.39, 0.29) is 31.0 Å². The molecule has 0 aliphatic heterocycles. The van der Waals surface area contributed by atoms with Gasteiger partial charge in [-0.15, -0.1) is 0 Å². The van der Waals surface area contributed by atoms with Crippen LogP contribution in [0.1, 0.15) is 34.4 Å². The second kappa shape index (κ2) is 9.05. The van der Waals surface area contributed by atoms with Crippen molar-refractivity contribution >= 4 is 17.6 Å². The normalized spacial score (nSPS) is 10.8. The third-order valence-corrected chi connectivity index (χ3v) is 4.23. The quantitative estimate of drug-likeness (QED) is 0.361. The molecule has 0 fully saturated rings. The zero-order chi connectivity index (χ0) is 21.0. The van der Waals surface area contributed by atoms with Crippen molar-refractivity contribution in [3.63, 3.8) is 0 Å². The van der Waals surface area contributed by atoms with Gasteiger partial charge in [0, 0.05) is 28.6 Å². The molecule has 0 radical (unpaired) electrons. The molecule has 2 aromatic carbocycles. The highest BCUT2D eigenvalue weighted by Crippen LogP contribution is 2.27. The molecule has 3 rings (SSSR count). The molecule has 0 N–H and O–H groups in total. The van der Waals surface area contributed by atoms with Crippen molar-refractivity contribution in [2.75, 3.05) is 6.61 Å². The van der Waals surface area contributed by atoms with E-state index in [0.717, 1.165) is 6.07 Å². The predicted molar refractivity (Wildman–Crippen MR) is 99.6 cm³/mol. The van der Waals surface area contributed by atoms with Crippen LogP contribution in [-0.2, 0) is 17.8 Å². The van der Waals surface area contributed by atoms with Crippen LogP contribution >= 0.6 is 11.6 Å². The van der Waals surface area contributed by atoms with Crippen molar-refractivity contribution in [3.05, 3.63) is 87.6 Å². The minimum atomic E-state index is -1.27. The van der Waals surface area contributed by atoms with Crippen LogP contribution in [0.5, 0.6) is 5.75 Å². The molecule has 1 heterocycles. The van der Waals surface area contributed by atoms with Crippen molar-refractivity contribution in [1.82, 2.24) is 0 Å². The second-order valence-electron chi connectivity index (χ2n) is 6.06. The Morgan fingerprint density at radius 2 is 1.76 bits per heavy atom. The third-order valence-electron chi connectivity index (χ3n) is 4.00. The molecule has 4 nitrogen and oxygen atoms in total.